The zero-order chi connectivity index (χ0) is 18.6. The van der Waals surface area contributed by atoms with Crippen molar-refractivity contribution in [3.05, 3.63) is 41.9 Å². The third-order valence-electron chi connectivity index (χ3n) is 3.81. The number of halogens is 3. The van der Waals surface area contributed by atoms with Gasteiger partial charge in [0.15, 0.2) is 0 Å². The topological polar surface area (TPSA) is 35.0 Å². The highest BCUT2D eigenvalue weighted by Crippen LogP contribution is 2.31. The van der Waals surface area contributed by atoms with Crippen molar-refractivity contribution in [3.63, 3.8) is 0 Å². The van der Waals surface area contributed by atoms with Crippen molar-refractivity contribution >= 4 is 0 Å². The number of rotatable bonds is 6. The molecule has 0 aromatic carbocycles. The van der Waals surface area contributed by atoms with Gasteiger partial charge in [0.05, 0.1) is 18.5 Å². The number of pyridine rings is 2. The molecule has 0 saturated heterocycles. The lowest BCUT2D eigenvalue weighted by molar-refractivity contribution is -0.141. The molecule has 0 spiro atoms. The number of hydrogen-bond donors (Lipinski definition) is 0. The predicted molar refractivity (Wildman–Crippen MR) is 91.3 cm³/mol. The van der Waals surface area contributed by atoms with Gasteiger partial charge < -0.3 is 4.74 Å². The second-order valence-corrected chi connectivity index (χ2v) is 6.81. The quantitative estimate of drug-likeness (QED) is 0.685. The van der Waals surface area contributed by atoms with Gasteiger partial charge in [-0.3, -0.25) is 9.97 Å². The van der Waals surface area contributed by atoms with Gasteiger partial charge in [0.25, 0.3) is 0 Å². The first kappa shape index (κ1) is 19.2. The van der Waals surface area contributed by atoms with Crippen molar-refractivity contribution in [1.82, 2.24) is 9.97 Å². The monoisotopic (exact) mass is 352 g/mol. The molecule has 0 bridgehead atoms. The highest BCUT2D eigenvalue weighted by atomic mass is 19.4. The normalized spacial score (nSPS) is 13.1. The minimum absolute atomic E-state index is 0.380. The Bertz CT molecular complexity index is 714. The van der Waals surface area contributed by atoms with Crippen LogP contribution in [0.1, 0.15) is 38.4 Å². The van der Waals surface area contributed by atoms with Crippen LogP contribution in [0.25, 0.3) is 11.3 Å². The molecule has 136 valence electrons. The highest BCUT2D eigenvalue weighted by molar-refractivity contribution is 5.61. The summed E-state index contributed by atoms with van der Waals surface area (Å²) in [5, 5.41) is 0. The van der Waals surface area contributed by atoms with Gasteiger partial charge in [-0.25, -0.2) is 0 Å². The van der Waals surface area contributed by atoms with Crippen molar-refractivity contribution in [3.8, 4) is 17.0 Å². The SMILES string of the molecule is Cc1cc(-c2ccnc(C(F)(F)F)c2)ncc1OCC(C)CC(C)C. The van der Waals surface area contributed by atoms with Gasteiger partial charge in [-0.1, -0.05) is 20.8 Å². The third kappa shape index (κ3) is 5.44. The van der Waals surface area contributed by atoms with Crippen molar-refractivity contribution in [2.45, 2.75) is 40.3 Å². The molecule has 2 aromatic heterocycles. The average Bonchev–Trinajstić information content (AvgIpc) is 2.52. The maximum atomic E-state index is 12.8. The van der Waals surface area contributed by atoms with Crippen LogP contribution in [0.2, 0.25) is 0 Å². The van der Waals surface area contributed by atoms with E-state index in [4.69, 9.17) is 4.74 Å². The van der Waals surface area contributed by atoms with E-state index in [9.17, 15) is 13.2 Å². The standard InChI is InChI=1S/C19H23F3N2O/c1-12(2)7-13(3)11-25-17-10-24-16(8-14(17)4)15-5-6-23-18(9-15)19(20,21)22/h5-6,8-10,12-13H,7,11H2,1-4H3. The number of ether oxygens (including phenoxy) is 1. The first-order chi connectivity index (χ1) is 11.7. The summed E-state index contributed by atoms with van der Waals surface area (Å²) >= 11 is 0. The smallest absolute Gasteiger partial charge is 0.433 e. The summed E-state index contributed by atoms with van der Waals surface area (Å²) in [7, 11) is 0. The molecule has 25 heavy (non-hydrogen) atoms. The molecule has 0 fully saturated rings. The number of aromatic nitrogens is 2. The Hall–Kier alpha value is -2.11. The maximum absolute atomic E-state index is 12.8. The molecule has 1 atom stereocenters. The lowest BCUT2D eigenvalue weighted by Crippen LogP contribution is -2.11. The van der Waals surface area contributed by atoms with E-state index in [1.165, 1.54) is 6.07 Å². The molecule has 0 saturated carbocycles. The Balaban J connectivity index is 2.14. The maximum Gasteiger partial charge on any atom is 0.433 e. The predicted octanol–water partition coefficient (Wildman–Crippen LogP) is 5.53. The Morgan fingerprint density at radius 1 is 1.12 bits per heavy atom. The van der Waals surface area contributed by atoms with Gasteiger partial charge in [0, 0.05) is 11.8 Å². The van der Waals surface area contributed by atoms with Gasteiger partial charge in [0.2, 0.25) is 0 Å². The molecule has 0 aliphatic rings. The molecule has 0 aliphatic carbocycles. The van der Waals surface area contributed by atoms with Crippen molar-refractivity contribution < 1.29 is 17.9 Å². The number of aryl methyl sites for hydroxylation is 1. The molecule has 0 N–H and O–H groups in total. The van der Waals surface area contributed by atoms with Crippen LogP contribution in [0.3, 0.4) is 0 Å². The summed E-state index contributed by atoms with van der Waals surface area (Å²) in [6.07, 6.45) is -0.684. The summed E-state index contributed by atoms with van der Waals surface area (Å²) in [4.78, 5) is 7.62. The Morgan fingerprint density at radius 2 is 1.84 bits per heavy atom. The minimum Gasteiger partial charge on any atom is -0.491 e. The van der Waals surface area contributed by atoms with E-state index in [-0.39, 0.29) is 0 Å². The summed E-state index contributed by atoms with van der Waals surface area (Å²) in [5.41, 5.74) is 0.762. The summed E-state index contributed by atoms with van der Waals surface area (Å²) < 4.78 is 44.2. The molecular weight excluding hydrogens is 329 g/mol. The minimum atomic E-state index is -4.47. The van der Waals surface area contributed by atoms with Crippen molar-refractivity contribution in [2.75, 3.05) is 6.61 Å². The fraction of sp³-hybridized carbons (Fsp3) is 0.474. The van der Waals surface area contributed by atoms with Crippen molar-refractivity contribution in [1.29, 1.82) is 0 Å². The molecule has 0 amide bonds. The van der Waals surface area contributed by atoms with Gasteiger partial charge in [-0.2, -0.15) is 13.2 Å². The summed E-state index contributed by atoms with van der Waals surface area (Å²) in [6.45, 7) is 8.92. The van der Waals surface area contributed by atoms with Crippen LogP contribution in [0, 0.1) is 18.8 Å². The Kier molecular flexibility index (Phi) is 6.03. The van der Waals surface area contributed by atoms with E-state index in [1.54, 1.807) is 12.3 Å². The molecular formula is C19H23F3N2O. The highest BCUT2D eigenvalue weighted by Gasteiger charge is 2.32. The second kappa shape index (κ2) is 7.85. The number of hydrogen-bond acceptors (Lipinski definition) is 3. The fourth-order valence-electron chi connectivity index (χ4n) is 2.70. The molecule has 1 unspecified atom stereocenters. The van der Waals surface area contributed by atoms with Crippen LogP contribution in [0.5, 0.6) is 5.75 Å². The lowest BCUT2D eigenvalue weighted by Gasteiger charge is -2.16. The summed E-state index contributed by atoms with van der Waals surface area (Å²) in [6, 6.07) is 4.26. The van der Waals surface area contributed by atoms with E-state index >= 15 is 0 Å². The molecule has 0 aliphatic heterocycles. The zero-order valence-corrected chi connectivity index (χ0v) is 14.9. The molecule has 0 radical (unpaired) electrons. The Labute approximate surface area is 146 Å². The first-order valence-electron chi connectivity index (χ1n) is 8.30. The van der Waals surface area contributed by atoms with E-state index in [2.05, 4.69) is 30.7 Å². The average molecular weight is 352 g/mol. The van der Waals surface area contributed by atoms with Crippen LogP contribution in [-0.4, -0.2) is 16.6 Å². The molecule has 2 rings (SSSR count). The third-order valence-corrected chi connectivity index (χ3v) is 3.81. The van der Waals surface area contributed by atoms with Gasteiger partial charge >= 0.3 is 6.18 Å². The molecule has 2 heterocycles. The van der Waals surface area contributed by atoms with Gasteiger partial charge in [-0.05, 0) is 48.9 Å². The van der Waals surface area contributed by atoms with Gasteiger partial charge in [0.1, 0.15) is 11.4 Å². The van der Waals surface area contributed by atoms with E-state index in [0.29, 0.717) is 35.4 Å². The fourth-order valence-corrected chi connectivity index (χ4v) is 2.70. The van der Waals surface area contributed by atoms with Crippen LogP contribution >= 0.6 is 0 Å². The first-order valence-corrected chi connectivity index (χ1v) is 8.30. The Morgan fingerprint density at radius 3 is 2.44 bits per heavy atom. The molecule has 6 heteroatoms. The van der Waals surface area contributed by atoms with E-state index < -0.39 is 11.9 Å². The van der Waals surface area contributed by atoms with Crippen LogP contribution in [-0.2, 0) is 6.18 Å². The second-order valence-electron chi connectivity index (χ2n) is 6.81. The zero-order valence-electron chi connectivity index (χ0n) is 14.9. The number of nitrogens with zero attached hydrogens (tertiary/aromatic N) is 2. The number of alkyl halides is 3. The largest absolute Gasteiger partial charge is 0.491 e. The van der Waals surface area contributed by atoms with Crippen molar-refractivity contribution in [2.24, 2.45) is 11.8 Å². The molecule has 2 aromatic rings. The van der Waals surface area contributed by atoms with Crippen LogP contribution in [0.15, 0.2) is 30.6 Å². The van der Waals surface area contributed by atoms with Crippen LogP contribution in [0.4, 0.5) is 13.2 Å². The summed E-state index contributed by atoms with van der Waals surface area (Å²) in [5.74, 6) is 1.69. The van der Waals surface area contributed by atoms with Crippen LogP contribution < -0.4 is 4.74 Å². The van der Waals surface area contributed by atoms with E-state index in [1.807, 2.05) is 6.92 Å². The lowest BCUT2D eigenvalue weighted by atomic mass is 10.00. The molecule has 3 nitrogen and oxygen atoms in total. The van der Waals surface area contributed by atoms with Gasteiger partial charge in [-0.15, -0.1) is 0 Å². The van der Waals surface area contributed by atoms with E-state index in [0.717, 1.165) is 24.2 Å².